The van der Waals surface area contributed by atoms with Crippen LogP contribution in [0.3, 0.4) is 0 Å². The van der Waals surface area contributed by atoms with Gasteiger partial charge in [0.25, 0.3) is 0 Å². The number of hydrogen-bond acceptors (Lipinski definition) is 1. The molecule has 1 rings (SSSR count). The Hall–Kier alpha value is -1.08. The first-order valence-electron chi connectivity index (χ1n) is 7.46. The van der Waals surface area contributed by atoms with Crippen LogP contribution < -0.4 is 5.32 Å². The van der Waals surface area contributed by atoms with Crippen molar-refractivity contribution in [3.8, 4) is 0 Å². The molecule has 0 saturated carbocycles. The SMILES string of the molecule is C/C=C(\C)CCC.CC(C)CNCc1ccccc1. The number of benzene rings is 1. The van der Waals surface area contributed by atoms with Crippen LogP contribution in [0.4, 0.5) is 0 Å². The third-order valence-electron chi connectivity index (χ3n) is 2.86. The first-order valence-corrected chi connectivity index (χ1v) is 7.46. The minimum absolute atomic E-state index is 0.730. The Balaban J connectivity index is 0.000000399. The second kappa shape index (κ2) is 12.0. The highest BCUT2D eigenvalue weighted by molar-refractivity contribution is 5.14. The van der Waals surface area contributed by atoms with Crippen molar-refractivity contribution < 1.29 is 0 Å². The Morgan fingerprint density at radius 2 is 1.84 bits per heavy atom. The topological polar surface area (TPSA) is 12.0 Å². The zero-order valence-corrected chi connectivity index (χ0v) is 13.4. The van der Waals surface area contributed by atoms with E-state index in [-0.39, 0.29) is 0 Å². The summed E-state index contributed by atoms with van der Waals surface area (Å²) >= 11 is 0. The predicted octanol–water partition coefficient (Wildman–Crippen LogP) is 5.18. The fraction of sp³-hybridized carbons (Fsp3) is 0.556. The number of rotatable bonds is 6. The summed E-state index contributed by atoms with van der Waals surface area (Å²) in [7, 11) is 0. The maximum absolute atomic E-state index is 3.40. The zero-order valence-electron chi connectivity index (χ0n) is 13.4. The van der Waals surface area contributed by atoms with Crippen LogP contribution in [0.15, 0.2) is 42.0 Å². The number of hydrogen-bond donors (Lipinski definition) is 1. The van der Waals surface area contributed by atoms with Gasteiger partial charge >= 0.3 is 0 Å². The van der Waals surface area contributed by atoms with E-state index in [0.29, 0.717) is 0 Å². The molecule has 0 radical (unpaired) electrons. The lowest BCUT2D eigenvalue weighted by Gasteiger charge is -2.06. The molecule has 0 aliphatic rings. The van der Waals surface area contributed by atoms with Crippen molar-refractivity contribution in [3.05, 3.63) is 47.5 Å². The fourth-order valence-electron chi connectivity index (χ4n) is 1.64. The van der Waals surface area contributed by atoms with Crippen molar-refractivity contribution in [2.24, 2.45) is 5.92 Å². The molecule has 0 heterocycles. The maximum Gasteiger partial charge on any atom is 0.0205 e. The Morgan fingerprint density at radius 1 is 1.21 bits per heavy atom. The predicted molar refractivity (Wildman–Crippen MR) is 87.3 cm³/mol. The highest BCUT2D eigenvalue weighted by Crippen LogP contribution is 2.00. The highest BCUT2D eigenvalue weighted by Gasteiger charge is 1.93. The van der Waals surface area contributed by atoms with E-state index < -0.39 is 0 Å². The summed E-state index contributed by atoms with van der Waals surface area (Å²) in [5.74, 6) is 0.730. The number of nitrogens with one attached hydrogen (secondary N) is 1. The minimum Gasteiger partial charge on any atom is -0.312 e. The molecule has 0 aliphatic carbocycles. The molecule has 0 fully saturated rings. The molecule has 0 bridgehead atoms. The molecule has 0 saturated heterocycles. The van der Waals surface area contributed by atoms with E-state index in [9.17, 15) is 0 Å². The van der Waals surface area contributed by atoms with Gasteiger partial charge < -0.3 is 5.32 Å². The molecule has 0 atom stereocenters. The standard InChI is InChI=1S/C11H17N.C7H14/c1-10(2)8-12-9-11-6-4-3-5-7-11;1-4-6-7(3)5-2/h3-7,10,12H,8-9H2,1-2H3;5H,4,6H2,1-3H3/b;7-5+. The summed E-state index contributed by atoms with van der Waals surface area (Å²) in [6.07, 6.45) is 4.70. The Bertz CT molecular complexity index is 325. The van der Waals surface area contributed by atoms with Gasteiger partial charge in [0, 0.05) is 6.54 Å². The first kappa shape index (κ1) is 17.9. The highest BCUT2D eigenvalue weighted by atomic mass is 14.8. The molecular formula is C18H31N. The van der Waals surface area contributed by atoms with Crippen LogP contribution in [0, 0.1) is 5.92 Å². The Morgan fingerprint density at radius 3 is 2.26 bits per heavy atom. The zero-order chi connectivity index (χ0) is 14.5. The molecule has 19 heavy (non-hydrogen) atoms. The van der Waals surface area contributed by atoms with Gasteiger partial charge in [-0.25, -0.2) is 0 Å². The summed E-state index contributed by atoms with van der Waals surface area (Å²) in [5, 5.41) is 3.40. The molecule has 1 heteroatoms. The summed E-state index contributed by atoms with van der Waals surface area (Å²) in [5.41, 5.74) is 2.86. The van der Waals surface area contributed by atoms with Crippen molar-refractivity contribution in [3.63, 3.8) is 0 Å². The van der Waals surface area contributed by atoms with Gasteiger partial charge in [-0.1, -0.05) is 69.2 Å². The van der Waals surface area contributed by atoms with Gasteiger partial charge in [-0.15, -0.1) is 0 Å². The molecule has 0 aromatic heterocycles. The van der Waals surface area contributed by atoms with E-state index in [0.717, 1.165) is 19.0 Å². The lowest BCUT2D eigenvalue weighted by molar-refractivity contribution is 0.552. The van der Waals surface area contributed by atoms with Crippen LogP contribution in [0.25, 0.3) is 0 Å². The molecule has 1 aromatic carbocycles. The molecule has 0 unspecified atom stereocenters. The van der Waals surface area contributed by atoms with Gasteiger partial charge in [0.2, 0.25) is 0 Å². The van der Waals surface area contributed by atoms with Gasteiger partial charge in [-0.2, -0.15) is 0 Å². The molecule has 0 amide bonds. The third-order valence-corrected chi connectivity index (χ3v) is 2.86. The van der Waals surface area contributed by atoms with Crippen LogP contribution in [-0.2, 0) is 6.54 Å². The smallest absolute Gasteiger partial charge is 0.0205 e. The van der Waals surface area contributed by atoms with E-state index in [1.807, 2.05) is 6.07 Å². The van der Waals surface area contributed by atoms with E-state index in [2.05, 4.69) is 70.3 Å². The fourth-order valence-corrected chi connectivity index (χ4v) is 1.64. The molecule has 108 valence electrons. The quantitative estimate of drug-likeness (QED) is 0.695. The van der Waals surface area contributed by atoms with E-state index in [1.54, 1.807) is 0 Å². The van der Waals surface area contributed by atoms with Crippen molar-refractivity contribution in [1.82, 2.24) is 5.32 Å². The van der Waals surface area contributed by atoms with Crippen molar-refractivity contribution in [2.45, 2.75) is 54.0 Å². The van der Waals surface area contributed by atoms with Crippen molar-refractivity contribution in [2.75, 3.05) is 6.54 Å². The lowest BCUT2D eigenvalue weighted by atomic mass is 10.2. The lowest BCUT2D eigenvalue weighted by Crippen LogP contribution is -2.18. The largest absolute Gasteiger partial charge is 0.312 e. The maximum atomic E-state index is 3.40. The average molecular weight is 261 g/mol. The molecule has 0 aliphatic heterocycles. The summed E-state index contributed by atoms with van der Waals surface area (Å²) < 4.78 is 0. The molecule has 1 aromatic rings. The second-order valence-electron chi connectivity index (χ2n) is 5.40. The molecular weight excluding hydrogens is 230 g/mol. The molecule has 1 nitrogen and oxygen atoms in total. The van der Waals surface area contributed by atoms with Gasteiger partial charge in [0.15, 0.2) is 0 Å². The van der Waals surface area contributed by atoms with Crippen molar-refractivity contribution >= 4 is 0 Å². The van der Waals surface area contributed by atoms with Gasteiger partial charge in [0.1, 0.15) is 0 Å². The van der Waals surface area contributed by atoms with E-state index in [1.165, 1.54) is 24.0 Å². The third kappa shape index (κ3) is 11.7. The van der Waals surface area contributed by atoms with Gasteiger partial charge in [-0.05, 0) is 38.3 Å². The van der Waals surface area contributed by atoms with E-state index in [4.69, 9.17) is 0 Å². The van der Waals surface area contributed by atoms with Crippen molar-refractivity contribution in [1.29, 1.82) is 0 Å². The van der Waals surface area contributed by atoms with Crippen LogP contribution in [0.5, 0.6) is 0 Å². The molecule has 0 spiro atoms. The average Bonchev–Trinajstić information content (AvgIpc) is 2.40. The number of allylic oxidation sites excluding steroid dienone is 2. The van der Waals surface area contributed by atoms with Gasteiger partial charge in [0.05, 0.1) is 0 Å². The summed E-state index contributed by atoms with van der Waals surface area (Å²) in [6.45, 7) is 13.0. The Kier molecular flexibility index (Phi) is 11.3. The van der Waals surface area contributed by atoms with Crippen LogP contribution in [0.2, 0.25) is 0 Å². The molecule has 1 N–H and O–H groups in total. The monoisotopic (exact) mass is 261 g/mol. The van der Waals surface area contributed by atoms with E-state index >= 15 is 0 Å². The van der Waals surface area contributed by atoms with Crippen LogP contribution >= 0.6 is 0 Å². The minimum atomic E-state index is 0.730. The first-order chi connectivity index (χ1) is 9.10. The Labute approximate surface area is 120 Å². The summed E-state index contributed by atoms with van der Waals surface area (Å²) in [4.78, 5) is 0. The normalized spacial score (nSPS) is 11.2. The van der Waals surface area contributed by atoms with Gasteiger partial charge in [-0.3, -0.25) is 0 Å². The van der Waals surface area contributed by atoms with Crippen LogP contribution in [-0.4, -0.2) is 6.54 Å². The van der Waals surface area contributed by atoms with Crippen LogP contribution in [0.1, 0.15) is 53.0 Å². The summed E-state index contributed by atoms with van der Waals surface area (Å²) in [6, 6.07) is 10.5. The second-order valence-corrected chi connectivity index (χ2v) is 5.40.